The summed E-state index contributed by atoms with van der Waals surface area (Å²) < 4.78 is 10.7. The second kappa shape index (κ2) is 9.19. The van der Waals surface area contributed by atoms with E-state index in [1.807, 2.05) is 26.0 Å². The number of methoxy groups -OCH3 is 1. The number of ether oxygens (including phenoxy) is 2. The molecule has 1 heterocycles. The minimum Gasteiger partial charge on any atom is -0.493 e. The maximum Gasteiger partial charge on any atom is 0.344 e. The maximum atomic E-state index is 13.2. The van der Waals surface area contributed by atoms with Gasteiger partial charge in [-0.2, -0.15) is 0 Å². The van der Waals surface area contributed by atoms with Crippen molar-refractivity contribution < 1.29 is 29.0 Å². The number of aryl methyl sites for hydroxylation is 1. The molecule has 0 aromatic heterocycles. The van der Waals surface area contributed by atoms with Crippen LogP contribution in [0.1, 0.15) is 23.6 Å². The van der Waals surface area contributed by atoms with Gasteiger partial charge in [-0.05, 0) is 74.0 Å². The molecule has 0 saturated carbocycles. The van der Waals surface area contributed by atoms with Crippen molar-refractivity contribution in [1.29, 1.82) is 0 Å². The summed E-state index contributed by atoms with van der Waals surface area (Å²) in [5.41, 5.74) is 2.83. The summed E-state index contributed by atoms with van der Waals surface area (Å²) >= 11 is 5.26. The van der Waals surface area contributed by atoms with Crippen LogP contribution in [-0.2, 0) is 14.4 Å². The number of carboxylic acids is 1. The van der Waals surface area contributed by atoms with Gasteiger partial charge in [0.2, 0.25) is 0 Å². The van der Waals surface area contributed by atoms with Crippen LogP contribution >= 0.6 is 12.2 Å². The first kappa shape index (κ1) is 23.0. The number of hydrogen-bond donors (Lipinski definition) is 2. The van der Waals surface area contributed by atoms with Crippen LogP contribution in [-0.4, -0.2) is 41.2 Å². The van der Waals surface area contributed by atoms with E-state index < -0.39 is 23.9 Å². The molecule has 166 valence electrons. The average molecular weight is 455 g/mol. The zero-order chi connectivity index (χ0) is 23.6. The summed E-state index contributed by atoms with van der Waals surface area (Å²) in [5, 5.41) is 11.6. The molecule has 0 spiro atoms. The third kappa shape index (κ3) is 4.47. The molecule has 1 aliphatic rings. The lowest BCUT2D eigenvalue weighted by Gasteiger charge is -2.30. The molecular formula is C23H22N2O6S. The topological polar surface area (TPSA) is 105 Å². The van der Waals surface area contributed by atoms with E-state index in [-0.39, 0.29) is 22.2 Å². The third-order valence-corrected chi connectivity index (χ3v) is 5.35. The van der Waals surface area contributed by atoms with Gasteiger partial charge < -0.3 is 14.6 Å². The Bertz CT molecular complexity index is 1160. The minimum absolute atomic E-state index is 0.00911. The van der Waals surface area contributed by atoms with Gasteiger partial charge >= 0.3 is 5.97 Å². The number of carbonyl (C=O) groups is 3. The number of carbonyl (C=O) groups excluding carboxylic acids is 2. The van der Waals surface area contributed by atoms with Gasteiger partial charge in [0.05, 0.1) is 12.8 Å². The van der Waals surface area contributed by atoms with Gasteiger partial charge in [-0.15, -0.1) is 0 Å². The van der Waals surface area contributed by atoms with E-state index in [0.717, 1.165) is 11.1 Å². The first-order valence-electron chi connectivity index (χ1n) is 9.69. The highest BCUT2D eigenvalue weighted by Crippen LogP contribution is 2.31. The first-order valence-corrected chi connectivity index (χ1v) is 10.1. The van der Waals surface area contributed by atoms with Gasteiger partial charge in [-0.1, -0.05) is 18.2 Å². The van der Waals surface area contributed by atoms with Gasteiger partial charge in [-0.3, -0.25) is 19.8 Å². The van der Waals surface area contributed by atoms with Gasteiger partial charge in [0.15, 0.2) is 22.7 Å². The number of amides is 2. The number of carboxylic acid groups (broad SMARTS) is 1. The number of aliphatic carboxylic acids is 1. The van der Waals surface area contributed by atoms with Crippen LogP contribution < -0.4 is 19.7 Å². The zero-order valence-electron chi connectivity index (χ0n) is 18.0. The molecule has 2 N–H and O–H groups in total. The van der Waals surface area contributed by atoms with Crippen LogP contribution in [0, 0.1) is 13.8 Å². The SMILES string of the molecule is COc1cc(/C=C2\C(=O)NC(=S)N(c3cccc(C)c3C)C2=O)ccc1O[C@@H](C)C(=O)O. The van der Waals surface area contributed by atoms with Crippen molar-refractivity contribution in [2.45, 2.75) is 26.9 Å². The van der Waals surface area contributed by atoms with Crippen LogP contribution in [0.2, 0.25) is 0 Å². The lowest BCUT2D eigenvalue weighted by molar-refractivity contribution is -0.144. The molecule has 0 radical (unpaired) electrons. The van der Waals surface area contributed by atoms with E-state index in [9.17, 15) is 14.4 Å². The number of nitrogens with zero attached hydrogens (tertiary/aromatic N) is 1. The Kier molecular flexibility index (Phi) is 6.59. The van der Waals surface area contributed by atoms with Crippen molar-refractivity contribution in [2.24, 2.45) is 0 Å². The third-order valence-electron chi connectivity index (χ3n) is 5.07. The Labute approximate surface area is 190 Å². The van der Waals surface area contributed by atoms with E-state index in [0.29, 0.717) is 11.3 Å². The smallest absolute Gasteiger partial charge is 0.344 e. The molecule has 1 fully saturated rings. The number of benzene rings is 2. The van der Waals surface area contributed by atoms with Crippen LogP contribution in [0.4, 0.5) is 5.69 Å². The lowest BCUT2D eigenvalue weighted by Crippen LogP contribution is -2.54. The predicted molar refractivity (Wildman–Crippen MR) is 123 cm³/mol. The molecule has 0 bridgehead atoms. The van der Waals surface area contributed by atoms with Crippen LogP contribution in [0.5, 0.6) is 11.5 Å². The highest BCUT2D eigenvalue weighted by molar-refractivity contribution is 7.80. The Morgan fingerprint density at radius 1 is 1.19 bits per heavy atom. The van der Waals surface area contributed by atoms with Crippen LogP contribution in [0.3, 0.4) is 0 Å². The van der Waals surface area contributed by atoms with E-state index in [1.165, 1.54) is 31.1 Å². The van der Waals surface area contributed by atoms with E-state index in [4.69, 9.17) is 26.8 Å². The molecule has 8 nitrogen and oxygen atoms in total. The first-order chi connectivity index (χ1) is 15.1. The molecular weight excluding hydrogens is 432 g/mol. The highest BCUT2D eigenvalue weighted by atomic mass is 32.1. The average Bonchev–Trinajstić information content (AvgIpc) is 2.74. The molecule has 1 aliphatic heterocycles. The van der Waals surface area contributed by atoms with Crippen molar-refractivity contribution in [1.82, 2.24) is 5.32 Å². The fraction of sp³-hybridized carbons (Fsp3) is 0.217. The summed E-state index contributed by atoms with van der Waals surface area (Å²) in [6, 6.07) is 10.2. The number of hydrogen-bond acceptors (Lipinski definition) is 6. The fourth-order valence-corrected chi connectivity index (χ4v) is 3.41. The Hall–Kier alpha value is -3.72. The molecule has 2 aromatic rings. The highest BCUT2D eigenvalue weighted by Gasteiger charge is 2.35. The number of anilines is 1. The van der Waals surface area contributed by atoms with Crippen LogP contribution in [0.15, 0.2) is 42.0 Å². The van der Waals surface area contributed by atoms with E-state index in [2.05, 4.69) is 5.32 Å². The maximum absolute atomic E-state index is 13.2. The molecule has 1 saturated heterocycles. The summed E-state index contributed by atoms with van der Waals surface area (Å²) in [5.74, 6) is -1.79. The van der Waals surface area contributed by atoms with Crippen LogP contribution in [0.25, 0.3) is 6.08 Å². The number of thiocarbonyl (C=S) groups is 1. The lowest BCUT2D eigenvalue weighted by atomic mass is 10.0. The number of rotatable bonds is 6. The van der Waals surface area contributed by atoms with E-state index >= 15 is 0 Å². The standard InChI is InChI=1S/C23H22N2O6S/c1-12-6-5-7-17(13(12)2)25-21(27)16(20(26)24-23(25)32)10-15-8-9-18(19(11-15)30-4)31-14(3)22(28)29/h5-11,14H,1-4H3,(H,28,29)(H,24,26,32)/b16-10+/t14-/m0/s1. The quantitative estimate of drug-likeness (QED) is 0.393. The summed E-state index contributed by atoms with van der Waals surface area (Å²) in [6.45, 7) is 5.20. The molecule has 0 unspecified atom stereocenters. The van der Waals surface area contributed by atoms with Crippen molar-refractivity contribution in [3.8, 4) is 11.5 Å². The zero-order valence-corrected chi connectivity index (χ0v) is 18.8. The van der Waals surface area contributed by atoms with Gasteiger partial charge in [-0.25, -0.2) is 4.79 Å². The molecule has 2 aromatic carbocycles. The Balaban J connectivity index is 1.99. The molecule has 3 rings (SSSR count). The van der Waals surface area contributed by atoms with Crippen molar-refractivity contribution >= 4 is 46.9 Å². The second-order valence-corrected chi connectivity index (χ2v) is 7.57. The molecule has 9 heteroatoms. The summed E-state index contributed by atoms with van der Waals surface area (Å²) in [4.78, 5) is 38.2. The van der Waals surface area contributed by atoms with Gasteiger partial charge in [0.25, 0.3) is 11.8 Å². The second-order valence-electron chi connectivity index (χ2n) is 7.19. The van der Waals surface area contributed by atoms with Gasteiger partial charge in [0.1, 0.15) is 5.57 Å². The molecule has 2 amide bonds. The summed E-state index contributed by atoms with van der Waals surface area (Å²) in [7, 11) is 1.41. The van der Waals surface area contributed by atoms with Crippen molar-refractivity contribution in [2.75, 3.05) is 12.0 Å². The molecule has 32 heavy (non-hydrogen) atoms. The predicted octanol–water partition coefficient (Wildman–Crippen LogP) is 3.00. The Morgan fingerprint density at radius 2 is 1.91 bits per heavy atom. The Morgan fingerprint density at radius 3 is 2.56 bits per heavy atom. The summed E-state index contributed by atoms with van der Waals surface area (Å²) in [6.07, 6.45) is 0.343. The fourth-order valence-electron chi connectivity index (χ4n) is 3.13. The molecule has 0 aliphatic carbocycles. The van der Waals surface area contributed by atoms with Crippen molar-refractivity contribution in [3.63, 3.8) is 0 Å². The largest absolute Gasteiger partial charge is 0.493 e. The normalized spacial score (nSPS) is 16.1. The minimum atomic E-state index is -1.12. The monoisotopic (exact) mass is 454 g/mol. The van der Waals surface area contributed by atoms with Gasteiger partial charge in [0, 0.05) is 0 Å². The van der Waals surface area contributed by atoms with Crippen molar-refractivity contribution in [3.05, 3.63) is 58.7 Å². The van der Waals surface area contributed by atoms with E-state index in [1.54, 1.807) is 18.2 Å². The molecule has 1 atom stereocenters. The number of nitrogens with one attached hydrogen (secondary N) is 1.